The summed E-state index contributed by atoms with van der Waals surface area (Å²) in [5, 5.41) is 12.3. The smallest absolute Gasteiger partial charge is 0.119 e. The van der Waals surface area contributed by atoms with Crippen LogP contribution in [0.3, 0.4) is 0 Å². The third-order valence-corrected chi connectivity index (χ3v) is 6.40. The Hall–Kier alpha value is -1.88. The van der Waals surface area contributed by atoms with Gasteiger partial charge in [-0.1, -0.05) is 75.1 Å². The van der Waals surface area contributed by atoms with Gasteiger partial charge in [0.15, 0.2) is 0 Å². The van der Waals surface area contributed by atoms with Crippen molar-refractivity contribution < 1.29 is 14.6 Å². The molecule has 0 aliphatic carbocycles. The fraction of sp³-hybridized carbons (Fsp3) is 0.556. The lowest BCUT2D eigenvalue weighted by molar-refractivity contribution is -0.0296. The topological polar surface area (TPSA) is 41.9 Å². The van der Waals surface area contributed by atoms with Crippen molar-refractivity contribution in [2.24, 2.45) is 0 Å². The minimum atomic E-state index is -0.932. The largest absolute Gasteiger partial charge is 0.494 e. The molecule has 1 aliphatic heterocycles. The maximum Gasteiger partial charge on any atom is 0.119 e. The van der Waals surface area contributed by atoms with Crippen LogP contribution in [-0.2, 0) is 10.3 Å². The molecule has 0 unspecified atom stereocenters. The Morgan fingerprint density at radius 3 is 2.32 bits per heavy atom. The molecule has 0 amide bonds. The van der Waals surface area contributed by atoms with Crippen LogP contribution in [0.2, 0.25) is 0 Å². The average Bonchev–Trinajstić information content (AvgIpc) is 2.82. The Labute approximate surface area is 188 Å². The molecule has 1 saturated heterocycles. The molecule has 3 rings (SSSR count). The van der Waals surface area contributed by atoms with Crippen LogP contribution in [0.4, 0.5) is 0 Å². The highest BCUT2D eigenvalue weighted by Crippen LogP contribution is 2.42. The van der Waals surface area contributed by atoms with E-state index in [4.69, 9.17) is 9.47 Å². The summed E-state index contributed by atoms with van der Waals surface area (Å²) in [4.78, 5) is 2.44. The number of rotatable bonds is 12. The van der Waals surface area contributed by atoms with Gasteiger partial charge >= 0.3 is 0 Å². The summed E-state index contributed by atoms with van der Waals surface area (Å²) >= 11 is 0. The molecule has 1 fully saturated rings. The zero-order valence-corrected chi connectivity index (χ0v) is 19.3. The van der Waals surface area contributed by atoms with Gasteiger partial charge in [-0.2, -0.15) is 0 Å². The van der Waals surface area contributed by atoms with Gasteiger partial charge in [0.05, 0.1) is 25.4 Å². The van der Waals surface area contributed by atoms with E-state index in [0.717, 1.165) is 63.4 Å². The number of hydrogen-bond donors (Lipinski definition) is 1. The molecule has 31 heavy (non-hydrogen) atoms. The van der Waals surface area contributed by atoms with Crippen molar-refractivity contribution in [2.45, 2.75) is 57.5 Å². The van der Waals surface area contributed by atoms with Gasteiger partial charge in [0.1, 0.15) is 5.75 Å². The predicted octanol–water partition coefficient (Wildman–Crippen LogP) is 5.36. The van der Waals surface area contributed by atoms with Gasteiger partial charge in [-0.25, -0.2) is 0 Å². The van der Waals surface area contributed by atoms with Crippen LogP contribution in [0.15, 0.2) is 54.6 Å². The number of ether oxygens (including phenoxy) is 2. The van der Waals surface area contributed by atoms with Crippen molar-refractivity contribution in [1.29, 1.82) is 0 Å². The number of benzene rings is 2. The monoisotopic (exact) mass is 425 g/mol. The van der Waals surface area contributed by atoms with Gasteiger partial charge in [-0.15, -0.1) is 0 Å². The molecule has 0 radical (unpaired) electrons. The van der Waals surface area contributed by atoms with E-state index in [1.807, 2.05) is 25.1 Å². The normalized spacial score (nSPS) is 17.8. The Bertz CT molecular complexity index is 743. The molecule has 1 heterocycles. The summed E-state index contributed by atoms with van der Waals surface area (Å²) in [6.45, 7) is 9.04. The second-order valence-corrected chi connectivity index (χ2v) is 8.57. The molecule has 4 nitrogen and oxygen atoms in total. The van der Waals surface area contributed by atoms with Crippen LogP contribution in [0, 0.1) is 0 Å². The molecule has 0 aromatic heterocycles. The van der Waals surface area contributed by atoms with Gasteiger partial charge < -0.3 is 14.6 Å². The molecule has 0 saturated carbocycles. The van der Waals surface area contributed by atoms with Gasteiger partial charge in [0.25, 0.3) is 0 Å². The molecule has 2 aromatic rings. The van der Waals surface area contributed by atoms with Crippen LogP contribution in [0.25, 0.3) is 0 Å². The van der Waals surface area contributed by atoms with Crippen molar-refractivity contribution in [3.05, 3.63) is 65.7 Å². The Balaban J connectivity index is 1.94. The van der Waals surface area contributed by atoms with E-state index in [9.17, 15) is 5.11 Å². The van der Waals surface area contributed by atoms with Crippen molar-refractivity contribution >= 4 is 0 Å². The predicted molar refractivity (Wildman–Crippen MR) is 127 cm³/mol. The Morgan fingerprint density at radius 1 is 0.968 bits per heavy atom. The first-order valence-electron chi connectivity index (χ1n) is 12.0. The molecule has 2 atom stereocenters. The standard InChI is InChI=1S/C27H39NO3/c1-3-5-6-10-17-27(29,24-13-15-25(16-14-24)31-4-2)26(23-11-8-7-9-12-23)22-28-18-20-30-21-19-28/h7-9,11-16,26,29H,3-6,10,17-22H2,1-2H3/t26-,27+/m1/s1. The SMILES string of the molecule is CCCCCC[C@](O)(c1ccc(OCC)cc1)[C@H](CN1CCOCC1)c1ccccc1. The van der Waals surface area contributed by atoms with Crippen LogP contribution >= 0.6 is 0 Å². The number of hydrogen-bond acceptors (Lipinski definition) is 4. The first-order chi connectivity index (χ1) is 15.2. The molecular formula is C27H39NO3. The molecular weight excluding hydrogens is 386 g/mol. The highest BCUT2D eigenvalue weighted by molar-refractivity contribution is 5.35. The van der Waals surface area contributed by atoms with Gasteiger partial charge in [0, 0.05) is 25.6 Å². The molecule has 0 spiro atoms. The first-order valence-corrected chi connectivity index (χ1v) is 12.0. The highest BCUT2D eigenvalue weighted by atomic mass is 16.5. The van der Waals surface area contributed by atoms with Gasteiger partial charge in [-0.05, 0) is 36.6 Å². The molecule has 1 N–H and O–H groups in total. The van der Waals surface area contributed by atoms with E-state index in [2.05, 4.69) is 48.2 Å². The lowest BCUT2D eigenvalue weighted by Gasteiger charge is -2.41. The van der Waals surface area contributed by atoms with Crippen molar-refractivity contribution in [2.75, 3.05) is 39.5 Å². The van der Waals surface area contributed by atoms with E-state index in [0.29, 0.717) is 6.61 Å². The second-order valence-electron chi connectivity index (χ2n) is 8.57. The van der Waals surface area contributed by atoms with E-state index < -0.39 is 5.60 Å². The number of nitrogens with zero attached hydrogens (tertiary/aromatic N) is 1. The van der Waals surface area contributed by atoms with Crippen molar-refractivity contribution in [1.82, 2.24) is 4.90 Å². The quantitative estimate of drug-likeness (QED) is 0.465. The summed E-state index contributed by atoms with van der Waals surface area (Å²) in [5.74, 6) is 0.843. The molecule has 2 aromatic carbocycles. The van der Waals surface area contributed by atoms with Gasteiger partial charge in [-0.3, -0.25) is 4.90 Å². The molecule has 1 aliphatic rings. The number of morpholine rings is 1. The maximum atomic E-state index is 12.3. The lowest BCUT2D eigenvalue weighted by atomic mass is 9.74. The van der Waals surface area contributed by atoms with Crippen molar-refractivity contribution in [3.8, 4) is 5.75 Å². The summed E-state index contributed by atoms with van der Waals surface area (Å²) in [6.07, 6.45) is 5.32. The summed E-state index contributed by atoms with van der Waals surface area (Å²) in [7, 11) is 0. The minimum absolute atomic E-state index is 0.00799. The van der Waals surface area contributed by atoms with E-state index in [1.54, 1.807) is 0 Å². The first kappa shape index (κ1) is 23.8. The highest BCUT2D eigenvalue weighted by Gasteiger charge is 2.40. The van der Waals surface area contributed by atoms with E-state index in [1.165, 1.54) is 18.4 Å². The zero-order valence-electron chi connectivity index (χ0n) is 19.3. The molecule has 170 valence electrons. The van der Waals surface area contributed by atoms with Gasteiger partial charge in [0.2, 0.25) is 0 Å². The van der Waals surface area contributed by atoms with Crippen LogP contribution < -0.4 is 4.74 Å². The summed E-state index contributed by atoms with van der Waals surface area (Å²) < 4.78 is 11.2. The lowest BCUT2D eigenvalue weighted by Crippen LogP contribution is -2.45. The number of aliphatic hydroxyl groups is 1. The molecule has 4 heteroatoms. The Kier molecular flexibility index (Phi) is 9.38. The third kappa shape index (κ3) is 6.55. The fourth-order valence-corrected chi connectivity index (χ4v) is 4.61. The molecule has 0 bridgehead atoms. The van der Waals surface area contributed by atoms with Crippen LogP contribution in [0.5, 0.6) is 5.75 Å². The van der Waals surface area contributed by atoms with Crippen LogP contribution in [0.1, 0.15) is 63.0 Å². The van der Waals surface area contributed by atoms with Crippen molar-refractivity contribution in [3.63, 3.8) is 0 Å². The minimum Gasteiger partial charge on any atom is -0.494 e. The number of unbranched alkanes of at least 4 members (excludes halogenated alkanes) is 3. The average molecular weight is 426 g/mol. The second kappa shape index (κ2) is 12.2. The third-order valence-electron chi connectivity index (χ3n) is 6.40. The maximum absolute atomic E-state index is 12.3. The van der Waals surface area contributed by atoms with E-state index >= 15 is 0 Å². The van der Waals surface area contributed by atoms with E-state index in [-0.39, 0.29) is 5.92 Å². The van der Waals surface area contributed by atoms with Crippen LogP contribution in [-0.4, -0.2) is 49.5 Å². The summed E-state index contributed by atoms with van der Waals surface area (Å²) in [6, 6.07) is 18.6. The zero-order chi connectivity index (χ0) is 21.9. The Morgan fingerprint density at radius 2 is 1.68 bits per heavy atom. The summed E-state index contributed by atoms with van der Waals surface area (Å²) in [5.41, 5.74) is 1.24. The fourth-order valence-electron chi connectivity index (χ4n) is 4.61.